The molecular formula is C20H20N2O3S. The number of thioether (sulfide) groups is 1. The van der Waals surface area contributed by atoms with Gasteiger partial charge < -0.3 is 9.84 Å². The molecule has 2 aromatic carbocycles. The predicted octanol–water partition coefficient (Wildman–Crippen LogP) is 4.25. The van der Waals surface area contributed by atoms with Crippen LogP contribution in [0.5, 0.6) is 11.5 Å². The number of carbonyl (C=O) groups is 1. The van der Waals surface area contributed by atoms with Gasteiger partial charge in [0.2, 0.25) is 0 Å². The Morgan fingerprint density at radius 2 is 2.00 bits per heavy atom. The minimum atomic E-state index is -0.152. The van der Waals surface area contributed by atoms with E-state index in [4.69, 9.17) is 4.74 Å². The van der Waals surface area contributed by atoms with E-state index in [0.29, 0.717) is 21.4 Å². The Morgan fingerprint density at radius 3 is 2.73 bits per heavy atom. The van der Waals surface area contributed by atoms with E-state index in [1.807, 2.05) is 32.0 Å². The molecule has 0 radical (unpaired) electrons. The molecule has 0 bridgehead atoms. The zero-order valence-electron chi connectivity index (χ0n) is 15.1. The van der Waals surface area contributed by atoms with Crippen molar-refractivity contribution in [3.8, 4) is 11.5 Å². The van der Waals surface area contributed by atoms with E-state index in [2.05, 4.69) is 4.99 Å². The Hall–Kier alpha value is -2.73. The molecule has 1 heterocycles. The summed E-state index contributed by atoms with van der Waals surface area (Å²) in [6.07, 6.45) is 1.66. The van der Waals surface area contributed by atoms with Crippen LogP contribution in [0.2, 0.25) is 0 Å². The second kappa shape index (κ2) is 7.25. The van der Waals surface area contributed by atoms with Crippen LogP contribution in [0.15, 0.2) is 46.3 Å². The molecule has 1 amide bonds. The van der Waals surface area contributed by atoms with Gasteiger partial charge >= 0.3 is 0 Å². The predicted molar refractivity (Wildman–Crippen MR) is 106 cm³/mol. The minimum Gasteiger partial charge on any atom is -0.504 e. The first-order valence-corrected chi connectivity index (χ1v) is 8.92. The number of amides is 1. The summed E-state index contributed by atoms with van der Waals surface area (Å²) in [6.45, 7) is 4.00. The topological polar surface area (TPSA) is 62.1 Å². The largest absolute Gasteiger partial charge is 0.504 e. The van der Waals surface area contributed by atoms with Crippen molar-refractivity contribution in [3.05, 3.63) is 58.0 Å². The number of methoxy groups -OCH3 is 1. The minimum absolute atomic E-state index is 0.0125. The third kappa shape index (κ3) is 3.46. The third-order valence-corrected chi connectivity index (χ3v) is 5.18. The van der Waals surface area contributed by atoms with Crippen molar-refractivity contribution in [3.63, 3.8) is 0 Å². The first-order chi connectivity index (χ1) is 12.4. The number of aryl methyl sites for hydroxylation is 2. The van der Waals surface area contributed by atoms with Gasteiger partial charge in [-0.3, -0.25) is 9.69 Å². The average Bonchev–Trinajstić information content (AvgIpc) is 2.88. The van der Waals surface area contributed by atoms with E-state index in [-0.39, 0.29) is 11.7 Å². The molecule has 0 unspecified atom stereocenters. The number of amidine groups is 1. The highest BCUT2D eigenvalue weighted by molar-refractivity contribution is 8.18. The van der Waals surface area contributed by atoms with Crippen LogP contribution in [0.25, 0.3) is 6.08 Å². The van der Waals surface area contributed by atoms with Crippen LogP contribution in [0.4, 0.5) is 5.69 Å². The van der Waals surface area contributed by atoms with Crippen molar-refractivity contribution in [1.29, 1.82) is 0 Å². The number of rotatable bonds is 3. The average molecular weight is 368 g/mol. The molecule has 1 fully saturated rings. The number of carbonyl (C=O) groups excluding carboxylic acids is 1. The van der Waals surface area contributed by atoms with Gasteiger partial charge in [-0.2, -0.15) is 0 Å². The number of ether oxygens (including phenoxy) is 1. The molecule has 1 saturated heterocycles. The zero-order chi connectivity index (χ0) is 18.8. The smallest absolute Gasteiger partial charge is 0.266 e. The molecule has 0 atom stereocenters. The maximum absolute atomic E-state index is 12.6. The van der Waals surface area contributed by atoms with Gasteiger partial charge in [-0.05, 0) is 54.9 Å². The van der Waals surface area contributed by atoms with E-state index < -0.39 is 0 Å². The van der Waals surface area contributed by atoms with Crippen LogP contribution in [0.1, 0.15) is 16.7 Å². The standard InChI is InChI=1S/C20H20N2O3S/c1-12-8-9-13(2)15(10-12)21-20-22(3)19(24)17(26-20)11-14-6-5-7-16(25-4)18(14)23/h5-11,23H,1-4H3/b17-11+,21-20?. The van der Waals surface area contributed by atoms with Gasteiger partial charge in [0.1, 0.15) is 0 Å². The van der Waals surface area contributed by atoms with Gasteiger partial charge in [0.15, 0.2) is 16.7 Å². The van der Waals surface area contributed by atoms with Gasteiger partial charge in [-0.25, -0.2) is 4.99 Å². The highest BCUT2D eigenvalue weighted by Crippen LogP contribution is 2.37. The van der Waals surface area contributed by atoms with E-state index >= 15 is 0 Å². The summed E-state index contributed by atoms with van der Waals surface area (Å²) < 4.78 is 5.12. The lowest BCUT2D eigenvalue weighted by molar-refractivity contribution is -0.121. The fourth-order valence-electron chi connectivity index (χ4n) is 2.56. The van der Waals surface area contributed by atoms with Crippen LogP contribution in [-0.2, 0) is 4.79 Å². The number of hydrogen-bond acceptors (Lipinski definition) is 5. The Balaban J connectivity index is 1.97. The lowest BCUT2D eigenvalue weighted by atomic mass is 10.1. The number of phenolic OH excluding ortho intramolecular Hbond substituents is 1. The summed E-state index contributed by atoms with van der Waals surface area (Å²) in [6, 6.07) is 11.2. The monoisotopic (exact) mass is 368 g/mol. The maximum Gasteiger partial charge on any atom is 0.266 e. The normalized spacial score (nSPS) is 17.4. The number of likely N-dealkylation sites (N-methyl/N-ethyl adjacent to an activating group) is 1. The number of benzene rings is 2. The van der Waals surface area contributed by atoms with Gasteiger partial charge in [0.25, 0.3) is 5.91 Å². The molecule has 1 aliphatic heterocycles. The van der Waals surface area contributed by atoms with Crippen LogP contribution in [0.3, 0.4) is 0 Å². The van der Waals surface area contributed by atoms with Crippen molar-refractivity contribution in [2.75, 3.05) is 14.2 Å². The number of nitrogens with zero attached hydrogens (tertiary/aromatic N) is 2. The number of para-hydroxylation sites is 1. The highest BCUT2D eigenvalue weighted by atomic mass is 32.2. The summed E-state index contributed by atoms with van der Waals surface area (Å²) in [7, 11) is 3.19. The Labute approximate surface area is 157 Å². The fourth-order valence-corrected chi connectivity index (χ4v) is 3.53. The lowest BCUT2D eigenvalue weighted by Gasteiger charge is -2.08. The summed E-state index contributed by atoms with van der Waals surface area (Å²) >= 11 is 1.29. The first-order valence-electron chi connectivity index (χ1n) is 8.10. The summed E-state index contributed by atoms with van der Waals surface area (Å²) in [5.41, 5.74) is 3.54. The number of aliphatic imine (C=N–C) groups is 1. The number of hydrogen-bond donors (Lipinski definition) is 1. The number of aromatic hydroxyl groups is 1. The molecule has 6 heteroatoms. The van der Waals surface area contributed by atoms with Gasteiger partial charge in [0, 0.05) is 12.6 Å². The third-order valence-electron chi connectivity index (χ3n) is 4.12. The number of phenols is 1. The molecule has 2 aromatic rings. The second-order valence-corrected chi connectivity index (χ2v) is 7.07. The Bertz CT molecular complexity index is 935. The quantitative estimate of drug-likeness (QED) is 0.823. The molecule has 5 nitrogen and oxygen atoms in total. The summed E-state index contributed by atoms with van der Waals surface area (Å²) in [5, 5.41) is 10.8. The van der Waals surface area contributed by atoms with Crippen molar-refractivity contribution < 1.29 is 14.6 Å². The summed E-state index contributed by atoms with van der Waals surface area (Å²) in [5.74, 6) is 0.229. The van der Waals surface area contributed by atoms with Crippen molar-refractivity contribution in [2.24, 2.45) is 4.99 Å². The molecular weight excluding hydrogens is 348 g/mol. The maximum atomic E-state index is 12.6. The van der Waals surface area contributed by atoms with E-state index in [1.54, 1.807) is 31.3 Å². The first kappa shape index (κ1) is 18.1. The molecule has 1 aliphatic rings. The van der Waals surface area contributed by atoms with Crippen molar-refractivity contribution >= 4 is 34.6 Å². The second-order valence-electron chi connectivity index (χ2n) is 6.06. The molecule has 134 valence electrons. The Morgan fingerprint density at radius 1 is 1.23 bits per heavy atom. The molecule has 0 spiro atoms. The van der Waals surface area contributed by atoms with E-state index in [0.717, 1.165) is 16.8 Å². The fraction of sp³-hybridized carbons (Fsp3) is 0.200. The van der Waals surface area contributed by atoms with Crippen molar-refractivity contribution in [1.82, 2.24) is 4.90 Å². The molecule has 0 aromatic heterocycles. The van der Waals surface area contributed by atoms with Crippen LogP contribution in [0, 0.1) is 13.8 Å². The van der Waals surface area contributed by atoms with Crippen LogP contribution >= 0.6 is 11.8 Å². The van der Waals surface area contributed by atoms with Gasteiger partial charge in [0.05, 0.1) is 17.7 Å². The zero-order valence-corrected chi connectivity index (χ0v) is 15.9. The van der Waals surface area contributed by atoms with Crippen LogP contribution < -0.4 is 4.74 Å². The lowest BCUT2D eigenvalue weighted by Crippen LogP contribution is -2.23. The van der Waals surface area contributed by atoms with Gasteiger partial charge in [-0.1, -0.05) is 24.3 Å². The summed E-state index contributed by atoms with van der Waals surface area (Å²) in [4.78, 5) is 19.2. The molecule has 0 aliphatic carbocycles. The molecule has 0 saturated carbocycles. The molecule has 3 rings (SSSR count). The van der Waals surface area contributed by atoms with E-state index in [9.17, 15) is 9.90 Å². The van der Waals surface area contributed by atoms with Crippen molar-refractivity contribution in [2.45, 2.75) is 13.8 Å². The van der Waals surface area contributed by atoms with E-state index in [1.165, 1.54) is 23.8 Å². The molecule has 26 heavy (non-hydrogen) atoms. The molecule has 1 N–H and O–H groups in total. The highest BCUT2D eigenvalue weighted by Gasteiger charge is 2.30. The van der Waals surface area contributed by atoms with Gasteiger partial charge in [-0.15, -0.1) is 0 Å². The Kier molecular flexibility index (Phi) is 5.04. The van der Waals surface area contributed by atoms with Crippen LogP contribution in [-0.4, -0.2) is 35.2 Å². The SMILES string of the molecule is COc1cccc(/C=C2/SC(=Nc3cc(C)ccc3C)N(C)C2=O)c1O.